The van der Waals surface area contributed by atoms with Crippen molar-refractivity contribution in [3.05, 3.63) is 0 Å². The zero-order valence-electron chi connectivity index (χ0n) is 8.79. The zero-order valence-corrected chi connectivity index (χ0v) is 8.79. The van der Waals surface area contributed by atoms with E-state index in [2.05, 4.69) is 5.32 Å². The Balaban J connectivity index is 1.78. The molecule has 0 spiro atoms. The maximum atomic E-state index is 11.5. The number of nitrogens with one attached hydrogen (secondary N) is 1. The fourth-order valence-electron chi connectivity index (χ4n) is 1.99. The minimum Gasteiger partial charge on any atom is -0.480 e. The molecule has 2 N–H and O–H groups in total. The van der Waals surface area contributed by atoms with Gasteiger partial charge in [0.15, 0.2) is 0 Å². The fourth-order valence-corrected chi connectivity index (χ4v) is 1.99. The first-order valence-electron chi connectivity index (χ1n) is 5.67. The molecule has 0 aromatic heterocycles. The Kier molecular flexibility index (Phi) is 2.67. The van der Waals surface area contributed by atoms with Gasteiger partial charge in [-0.3, -0.25) is 4.79 Å². The van der Waals surface area contributed by atoms with Crippen molar-refractivity contribution in [1.29, 1.82) is 0 Å². The van der Waals surface area contributed by atoms with E-state index >= 15 is 0 Å². The van der Waals surface area contributed by atoms with Gasteiger partial charge in [-0.2, -0.15) is 0 Å². The number of amides is 1. The van der Waals surface area contributed by atoms with Crippen LogP contribution >= 0.6 is 0 Å². The predicted molar refractivity (Wildman–Crippen MR) is 54.3 cm³/mol. The lowest BCUT2D eigenvalue weighted by molar-refractivity contribution is -0.151. The molecule has 0 aromatic rings. The molecule has 0 saturated heterocycles. The average molecular weight is 211 g/mol. The molecule has 0 aliphatic heterocycles. The van der Waals surface area contributed by atoms with E-state index in [4.69, 9.17) is 5.11 Å². The summed E-state index contributed by atoms with van der Waals surface area (Å²) in [6.45, 7) is 0. The molecule has 1 amide bonds. The van der Waals surface area contributed by atoms with Gasteiger partial charge in [-0.1, -0.05) is 12.8 Å². The van der Waals surface area contributed by atoms with Crippen molar-refractivity contribution in [2.24, 2.45) is 5.92 Å². The SMILES string of the molecule is O=C(CCC1CC1)NC1(C(=O)O)CCC1. The molecule has 84 valence electrons. The first kappa shape index (κ1) is 10.5. The fraction of sp³-hybridized carbons (Fsp3) is 0.818. The second-order valence-corrected chi connectivity index (χ2v) is 4.77. The van der Waals surface area contributed by atoms with Crippen molar-refractivity contribution < 1.29 is 14.7 Å². The van der Waals surface area contributed by atoms with Gasteiger partial charge in [-0.25, -0.2) is 4.79 Å². The normalized spacial score (nSPS) is 22.9. The predicted octanol–water partition coefficient (Wildman–Crippen LogP) is 1.30. The van der Waals surface area contributed by atoms with Crippen molar-refractivity contribution in [2.45, 2.75) is 50.5 Å². The van der Waals surface area contributed by atoms with Crippen LogP contribution in [0.5, 0.6) is 0 Å². The molecule has 2 fully saturated rings. The monoisotopic (exact) mass is 211 g/mol. The van der Waals surface area contributed by atoms with Crippen LogP contribution in [0.3, 0.4) is 0 Å². The largest absolute Gasteiger partial charge is 0.480 e. The zero-order chi connectivity index (χ0) is 10.9. The Morgan fingerprint density at radius 3 is 2.40 bits per heavy atom. The Bertz CT molecular complexity index is 280. The van der Waals surface area contributed by atoms with Crippen LogP contribution in [-0.4, -0.2) is 22.5 Å². The number of aliphatic carboxylic acids is 1. The molecule has 0 heterocycles. The Hall–Kier alpha value is -1.06. The maximum absolute atomic E-state index is 11.5. The molecular weight excluding hydrogens is 194 g/mol. The van der Waals surface area contributed by atoms with Gasteiger partial charge in [0, 0.05) is 6.42 Å². The highest BCUT2D eigenvalue weighted by Gasteiger charge is 2.45. The van der Waals surface area contributed by atoms with Gasteiger partial charge in [-0.05, 0) is 31.6 Å². The number of carboxylic acids is 1. The Morgan fingerprint density at radius 2 is 2.00 bits per heavy atom. The summed E-state index contributed by atoms with van der Waals surface area (Å²) < 4.78 is 0. The lowest BCUT2D eigenvalue weighted by atomic mass is 9.76. The summed E-state index contributed by atoms with van der Waals surface area (Å²) >= 11 is 0. The topological polar surface area (TPSA) is 66.4 Å². The molecule has 2 rings (SSSR count). The minimum atomic E-state index is -0.930. The molecule has 4 heteroatoms. The van der Waals surface area contributed by atoms with Crippen molar-refractivity contribution in [1.82, 2.24) is 5.32 Å². The molecule has 15 heavy (non-hydrogen) atoms. The molecule has 0 aromatic carbocycles. The van der Waals surface area contributed by atoms with Gasteiger partial charge in [-0.15, -0.1) is 0 Å². The third-order valence-electron chi connectivity index (χ3n) is 3.47. The van der Waals surface area contributed by atoms with Crippen LogP contribution in [0.25, 0.3) is 0 Å². The van der Waals surface area contributed by atoms with E-state index in [0.717, 1.165) is 18.8 Å². The average Bonchev–Trinajstić information content (AvgIpc) is 2.90. The summed E-state index contributed by atoms with van der Waals surface area (Å²) in [5.41, 5.74) is -0.930. The lowest BCUT2D eigenvalue weighted by Gasteiger charge is -2.38. The van der Waals surface area contributed by atoms with Crippen molar-refractivity contribution in [3.63, 3.8) is 0 Å². The van der Waals surface area contributed by atoms with Crippen LogP contribution in [0.15, 0.2) is 0 Å². The van der Waals surface area contributed by atoms with Crippen LogP contribution in [0.1, 0.15) is 44.9 Å². The summed E-state index contributed by atoms with van der Waals surface area (Å²) in [5, 5.41) is 11.7. The number of hydrogen-bond acceptors (Lipinski definition) is 2. The summed E-state index contributed by atoms with van der Waals surface area (Å²) in [6.07, 6.45) is 5.93. The van der Waals surface area contributed by atoms with E-state index in [1.54, 1.807) is 0 Å². The van der Waals surface area contributed by atoms with Crippen LogP contribution < -0.4 is 5.32 Å². The van der Waals surface area contributed by atoms with E-state index in [9.17, 15) is 9.59 Å². The summed E-state index contributed by atoms with van der Waals surface area (Å²) in [5.74, 6) is -0.254. The number of carbonyl (C=O) groups excluding carboxylic acids is 1. The summed E-state index contributed by atoms with van der Waals surface area (Å²) in [6, 6.07) is 0. The van der Waals surface area contributed by atoms with Gasteiger partial charge in [0.2, 0.25) is 5.91 Å². The number of carbonyl (C=O) groups is 2. The van der Waals surface area contributed by atoms with E-state index in [0.29, 0.717) is 19.3 Å². The first-order chi connectivity index (χ1) is 7.12. The van der Waals surface area contributed by atoms with Crippen LogP contribution in [0.2, 0.25) is 0 Å². The first-order valence-corrected chi connectivity index (χ1v) is 5.67. The molecule has 2 aliphatic rings. The quantitative estimate of drug-likeness (QED) is 0.720. The molecule has 0 radical (unpaired) electrons. The van der Waals surface area contributed by atoms with Gasteiger partial charge in [0.1, 0.15) is 5.54 Å². The summed E-state index contributed by atoms with van der Waals surface area (Å²) in [7, 11) is 0. The molecule has 2 aliphatic carbocycles. The molecule has 4 nitrogen and oxygen atoms in total. The second kappa shape index (κ2) is 3.83. The van der Waals surface area contributed by atoms with Gasteiger partial charge in [0.25, 0.3) is 0 Å². The third-order valence-corrected chi connectivity index (χ3v) is 3.47. The smallest absolute Gasteiger partial charge is 0.329 e. The van der Waals surface area contributed by atoms with E-state index < -0.39 is 11.5 Å². The highest BCUT2D eigenvalue weighted by atomic mass is 16.4. The standard InChI is InChI=1S/C11H17NO3/c13-9(5-4-8-2-3-8)12-11(10(14)15)6-1-7-11/h8H,1-7H2,(H,12,13)(H,14,15). The summed E-state index contributed by atoms with van der Waals surface area (Å²) in [4.78, 5) is 22.5. The minimum absolute atomic E-state index is 0.0935. The van der Waals surface area contributed by atoms with Gasteiger partial charge < -0.3 is 10.4 Å². The molecule has 0 atom stereocenters. The molecular formula is C11H17NO3. The molecule has 0 unspecified atom stereocenters. The van der Waals surface area contributed by atoms with E-state index in [1.807, 2.05) is 0 Å². The van der Waals surface area contributed by atoms with Crippen molar-refractivity contribution in [2.75, 3.05) is 0 Å². The third kappa shape index (κ3) is 2.30. The number of carboxylic acid groups (broad SMARTS) is 1. The number of hydrogen-bond donors (Lipinski definition) is 2. The van der Waals surface area contributed by atoms with Gasteiger partial charge >= 0.3 is 5.97 Å². The van der Waals surface area contributed by atoms with Crippen LogP contribution in [0, 0.1) is 5.92 Å². The van der Waals surface area contributed by atoms with E-state index in [-0.39, 0.29) is 5.91 Å². The van der Waals surface area contributed by atoms with Crippen LogP contribution in [0.4, 0.5) is 0 Å². The molecule has 2 saturated carbocycles. The second-order valence-electron chi connectivity index (χ2n) is 4.77. The van der Waals surface area contributed by atoms with E-state index in [1.165, 1.54) is 12.8 Å². The Labute approximate surface area is 89.0 Å². The van der Waals surface area contributed by atoms with Gasteiger partial charge in [0.05, 0.1) is 0 Å². The maximum Gasteiger partial charge on any atom is 0.329 e. The van der Waals surface area contributed by atoms with Crippen molar-refractivity contribution >= 4 is 11.9 Å². The molecule has 0 bridgehead atoms. The highest BCUT2D eigenvalue weighted by Crippen LogP contribution is 2.34. The number of rotatable bonds is 5. The lowest BCUT2D eigenvalue weighted by Crippen LogP contribution is -2.59. The van der Waals surface area contributed by atoms with Crippen LogP contribution in [-0.2, 0) is 9.59 Å². The highest BCUT2D eigenvalue weighted by molar-refractivity contribution is 5.87. The van der Waals surface area contributed by atoms with Crippen molar-refractivity contribution in [3.8, 4) is 0 Å². The Morgan fingerprint density at radius 1 is 1.33 bits per heavy atom.